The van der Waals surface area contributed by atoms with Crippen molar-refractivity contribution in [1.29, 1.82) is 0 Å². The third-order valence-corrected chi connectivity index (χ3v) is 14.0. The topological polar surface area (TPSA) is 46.5 Å². The second-order valence-electron chi connectivity index (χ2n) is 15.6. The minimum absolute atomic E-state index is 0.0508. The molecule has 0 amide bonds. The summed E-state index contributed by atoms with van der Waals surface area (Å²) in [6.45, 7) is 21.2. The number of Topliss-reactive ketones (excluding diaryl/α,β-unsaturated/α-hetero) is 1. The van der Waals surface area contributed by atoms with Crippen molar-refractivity contribution in [3.8, 4) is 0 Å². The van der Waals surface area contributed by atoms with E-state index in [1.807, 2.05) is 13.8 Å². The Bertz CT molecular complexity index is 870. The van der Waals surface area contributed by atoms with Gasteiger partial charge in [0.1, 0.15) is 5.78 Å². The second kappa shape index (κ2) is 7.12. The van der Waals surface area contributed by atoms with E-state index in [4.69, 9.17) is 4.74 Å². The minimum atomic E-state index is -0.769. The first-order valence-corrected chi connectivity index (χ1v) is 14.4. The molecule has 5 aliphatic rings. The number of ether oxygens (including phenoxy) is 1. The average molecular weight is 473 g/mol. The van der Waals surface area contributed by atoms with Crippen LogP contribution in [0, 0.1) is 44.8 Å². The van der Waals surface area contributed by atoms with Gasteiger partial charge in [-0.05, 0) is 118 Å². The Hall–Kier alpha value is -0.410. The number of carbonyl (C=O) groups excluding carboxylic acids is 1. The fourth-order valence-electron chi connectivity index (χ4n) is 11.3. The van der Waals surface area contributed by atoms with E-state index in [9.17, 15) is 9.90 Å². The van der Waals surface area contributed by atoms with E-state index in [1.54, 1.807) is 0 Å². The van der Waals surface area contributed by atoms with Crippen molar-refractivity contribution in [2.75, 3.05) is 0 Å². The molecular weight excluding hydrogens is 420 g/mol. The van der Waals surface area contributed by atoms with E-state index in [0.29, 0.717) is 29.0 Å². The lowest BCUT2D eigenvalue weighted by Crippen LogP contribution is -2.68. The average Bonchev–Trinajstić information content (AvgIpc) is 3.30. The van der Waals surface area contributed by atoms with E-state index in [2.05, 4.69) is 48.5 Å². The van der Waals surface area contributed by atoms with Gasteiger partial charge >= 0.3 is 0 Å². The molecule has 9 unspecified atom stereocenters. The van der Waals surface area contributed by atoms with E-state index in [-0.39, 0.29) is 33.4 Å². The Morgan fingerprint density at radius 1 is 0.765 bits per heavy atom. The van der Waals surface area contributed by atoms with Crippen LogP contribution in [0.1, 0.15) is 127 Å². The fourth-order valence-corrected chi connectivity index (χ4v) is 11.3. The third kappa shape index (κ3) is 2.86. The first-order valence-electron chi connectivity index (χ1n) is 14.4. The van der Waals surface area contributed by atoms with Crippen LogP contribution < -0.4 is 0 Å². The quantitative estimate of drug-likeness (QED) is 0.457. The first kappa shape index (κ1) is 25.2. The van der Waals surface area contributed by atoms with Crippen LogP contribution in [0.15, 0.2) is 0 Å². The van der Waals surface area contributed by atoms with Crippen LogP contribution in [0.2, 0.25) is 0 Å². The molecule has 0 aromatic heterocycles. The number of hydrogen-bond acceptors (Lipinski definition) is 3. The highest BCUT2D eigenvalue weighted by Crippen LogP contribution is 2.80. The monoisotopic (exact) mass is 472 g/mol. The third-order valence-electron chi connectivity index (χ3n) is 14.0. The molecule has 5 fully saturated rings. The fraction of sp³-hybridized carbons (Fsp3) is 0.968. The molecule has 1 aliphatic heterocycles. The summed E-state index contributed by atoms with van der Waals surface area (Å²) >= 11 is 0. The number of rotatable bonds is 2. The predicted octanol–water partition coefficient (Wildman–Crippen LogP) is 7.34. The highest BCUT2D eigenvalue weighted by atomic mass is 16.5. The lowest BCUT2D eigenvalue weighted by Gasteiger charge is -2.74. The van der Waals surface area contributed by atoms with Crippen molar-refractivity contribution in [2.45, 2.75) is 144 Å². The molecule has 5 rings (SSSR count). The highest BCUT2D eigenvalue weighted by molar-refractivity contribution is 5.85. The van der Waals surface area contributed by atoms with Crippen LogP contribution in [-0.4, -0.2) is 28.2 Å². The molecule has 0 bridgehead atoms. The summed E-state index contributed by atoms with van der Waals surface area (Å²) in [5, 5.41) is 10.7. The van der Waals surface area contributed by atoms with Crippen LogP contribution in [-0.2, 0) is 9.53 Å². The van der Waals surface area contributed by atoms with Gasteiger partial charge in [0.15, 0.2) is 0 Å². The van der Waals surface area contributed by atoms with E-state index in [1.165, 1.54) is 38.5 Å². The van der Waals surface area contributed by atoms with Gasteiger partial charge in [0, 0.05) is 11.8 Å². The van der Waals surface area contributed by atoms with Gasteiger partial charge in [-0.15, -0.1) is 0 Å². The lowest BCUT2D eigenvalue weighted by molar-refractivity contribution is -0.258. The summed E-state index contributed by atoms with van der Waals surface area (Å²) in [6.07, 6.45) is 11.4. The Morgan fingerprint density at radius 3 is 1.97 bits per heavy atom. The Balaban J connectivity index is 1.49. The molecule has 0 radical (unpaired) electrons. The maximum absolute atomic E-state index is 13.0. The maximum atomic E-state index is 13.0. The van der Waals surface area contributed by atoms with Crippen LogP contribution >= 0.6 is 0 Å². The molecule has 0 aromatic carbocycles. The molecule has 4 aliphatic carbocycles. The zero-order valence-electron chi connectivity index (χ0n) is 23.6. The van der Waals surface area contributed by atoms with Gasteiger partial charge in [0.05, 0.1) is 17.3 Å². The van der Waals surface area contributed by atoms with Crippen LogP contribution in [0.25, 0.3) is 0 Å². The number of ketones is 1. The summed E-state index contributed by atoms with van der Waals surface area (Å²) in [5.41, 5.74) is 0.00186. The molecular formula is C31H52O3. The summed E-state index contributed by atoms with van der Waals surface area (Å²) in [4.78, 5) is 13.0. The summed E-state index contributed by atoms with van der Waals surface area (Å²) < 4.78 is 6.74. The van der Waals surface area contributed by atoms with Crippen molar-refractivity contribution in [2.24, 2.45) is 44.8 Å². The zero-order valence-corrected chi connectivity index (χ0v) is 23.6. The van der Waals surface area contributed by atoms with Gasteiger partial charge in [0.2, 0.25) is 0 Å². The predicted molar refractivity (Wildman–Crippen MR) is 137 cm³/mol. The Morgan fingerprint density at radius 2 is 1.35 bits per heavy atom. The first-order chi connectivity index (χ1) is 15.5. The van der Waals surface area contributed by atoms with E-state index >= 15 is 0 Å². The lowest BCUT2D eigenvalue weighted by atomic mass is 9.30. The van der Waals surface area contributed by atoms with Gasteiger partial charge in [-0.3, -0.25) is 4.79 Å². The normalized spacial score (nSPS) is 54.9. The molecule has 4 saturated carbocycles. The molecule has 3 heteroatoms. The minimum Gasteiger partial charge on any atom is -0.388 e. The molecule has 0 spiro atoms. The molecule has 1 N–H and O–H groups in total. The molecule has 9 atom stereocenters. The summed E-state index contributed by atoms with van der Waals surface area (Å²) in [5.74, 6) is 2.27. The SMILES string of the molecule is CC(C)(O)C1CCC(C)(C2CCC3(C)C2CCC2(C)C4(C)CCC(=O)C(C)(C)C4CCC32C)O1. The Kier molecular flexibility index (Phi) is 5.29. The molecule has 0 aromatic rings. The Labute approximate surface area is 209 Å². The van der Waals surface area contributed by atoms with Crippen molar-refractivity contribution in [1.82, 2.24) is 0 Å². The standard InChI is InChI=1S/C31H52O3/c1-25(2)22-12-19-30(8)27(5)15-10-21(29(7)17-14-24(34-29)26(3,4)33)20(27)11-18-31(30,9)28(22,6)16-13-23(25)32/h20-22,24,33H,10-19H2,1-9H3. The van der Waals surface area contributed by atoms with Gasteiger partial charge in [0.25, 0.3) is 0 Å². The van der Waals surface area contributed by atoms with E-state index in [0.717, 1.165) is 25.7 Å². The van der Waals surface area contributed by atoms with E-state index < -0.39 is 5.60 Å². The highest BCUT2D eigenvalue weighted by Gasteiger charge is 2.74. The van der Waals surface area contributed by atoms with Crippen molar-refractivity contribution in [3.05, 3.63) is 0 Å². The van der Waals surface area contributed by atoms with Gasteiger partial charge < -0.3 is 9.84 Å². The van der Waals surface area contributed by atoms with Crippen LogP contribution in [0.3, 0.4) is 0 Å². The molecule has 1 heterocycles. The number of hydrogen-bond donors (Lipinski definition) is 1. The summed E-state index contributed by atoms with van der Waals surface area (Å²) in [7, 11) is 0. The second-order valence-corrected chi connectivity index (χ2v) is 15.6. The van der Waals surface area contributed by atoms with Crippen molar-refractivity contribution >= 4 is 5.78 Å². The maximum Gasteiger partial charge on any atom is 0.138 e. The van der Waals surface area contributed by atoms with Crippen molar-refractivity contribution < 1.29 is 14.6 Å². The number of fused-ring (bicyclic) bond motifs is 5. The largest absolute Gasteiger partial charge is 0.388 e. The van der Waals surface area contributed by atoms with Gasteiger partial charge in [-0.25, -0.2) is 0 Å². The smallest absolute Gasteiger partial charge is 0.138 e. The van der Waals surface area contributed by atoms with Crippen molar-refractivity contribution in [3.63, 3.8) is 0 Å². The number of carbonyl (C=O) groups is 1. The molecule has 3 nitrogen and oxygen atoms in total. The van der Waals surface area contributed by atoms with Crippen LogP contribution in [0.4, 0.5) is 0 Å². The molecule has 34 heavy (non-hydrogen) atoms. The molecule has 1 saturated heterocycles. The van der Waals surface area contributed by atoms with Gasteiger partial charge in [-0.2, -0.15) is 0 Å². The summed E-state index contributed by atoms with van der Waals surface area (Å²) in [6, 6.07) is 0. The number of aliphatic hydroxyl groups is 1. The van der Waals surface area contributed by atoms with Gasteiger partial charge in [-0.1, -0.05) is 41.5 Å². The zero-order chi connectivity index (χ0) is 25.2. The van der Waals surface area contributed by atoms with Crippen LogP contribution in [0.5, 0.6) is 0 Å². The molecule has 194 valence electrons.